The molecule has 0 radical (unpaired) electrons. The molecule has 4 rings (SSSR count). The summed E-state index contributed by atoms with van der Waals surface area (Å²) >= 11 is 1.68. The molecule has 0 spiro atoms. The van der Waals surface area contributed by atoms with Gasteiger partial charge in [0.25, 0.3) is 0 Å². The molecule has 4 aromatic rings. The Hall–Kier alpha value is -2.35. The smallest absolute Gasteiger partial charge is 0.243 e. The molecule has 0 aliphatic heterocycles. The van der Waals surface area contributed by atoms with Crippen LogP contribution in [-0.2, 0) is 15.8 Å². The lowest BCUT2D eigenvalue weighted by Gasteiger charge is -2.18. The van der Waals surface area contributed by atoms with Crippen molar-refractivity contribution in [1.29, 1.82) is 0 Å². The molecule has 0 unspecified atom stereocenters. The van der Waals surface area contributed by atoms with Gasteiger partial charge >= 0.3 is 0 Å². The van der Waals surface area contributed by atoms with E-state index in [1.54, 1.807) is 23.9 Å². The number of fused-ring (bicyclic) bond motifs is 2. The van der Waals surface area contributed by atoms with Gasteiger partial charge in [-0.1, -0.05) is 68.1 Å². The number of hydrogen-bond donors (Lipinski definition) is 0. The Labute approximate surface area is 194 Å². The fourth-order valence-corrected chi connectivity index (χ4v) is 6.57. The lowest BCUT2D eigenvalue weighted by molar-refractivity contribution is 0.445. The van der Waals surface area contributed by atoms with Crippen molar-refractivity contribution in [2.75, 3.05) is 13.1 Å². The predicted octanol–water partition coefficient (Wildman–Crippen LogP) is 6.09. The molecular formula is C25H29N3O2S2. The van der Waals surface area contributed by atoms with Gasteiger partial charge in [-0.05, 0) is 48.4 Å². The van der Waals surface area contributed by atoms with Gasteiger partial charge in [-0.2, -0.15) is 4.31 Å². The molecule has 32 heavy (non-hydrogen) atoms. The minimum Gasteiger partial charge on any atom is -0.316 e. The van der Waals surface area contributed by atoms with Crippen molar-refractivity contribution in [3.8, 4) is 0 Å². The average molecular weight is 468 g/mol. The van der Waals surface area contributed by atoms with Crippen molar-refractivity contribution >= 4 is 43.6 Å². The summed E-state index contributed by atoms with van der Waals surface area (Å²) in [5.74, 6) is 0.797. The second kappa shape index (κ2) is 9.25. The number of benzene rings is 3. The summed E-state index contributed by atoms with van der Waals surface area (Å²) in [5.41, 5.74) is 2.91. The maximum Gasteiger partial charge on any atom is 0.243 e. The summed E-state index contributed by atoms with van der Waals surface area (Å²) < 4.78 is 29.6. The minimum atomic E-state index is -3.52. The fraction of sp³-hybridized carbons (Fsp3) is 0.320. The number of rotatable bonds is 8. The number of aromatic nitrogens is 2. The van der Waals surface area contributed by atoms with E-state index in [0.717, 1.165) is 16.4 Å². The third-order valence-electron chi connectivity index (χ3n) is 5.67. The molecule has 0 N–H and O–H groups in total. The van der Waals surface area contributed by atoms with Crippen molar-refractivity contribution in [2.45, 2.75) is 49.5 Å². The first-order valence-electron chi connectivity index (χ1n) is 11.0. The highest BCUT2D eigenvalue weighted by Crippen LogP contribution is 2.32. The van der Waals surface area contributed by atoms with E-state index in [2.05, 4.69) is 60.9 Å². The van der Waals surface area contributed by atoms with E-state index in [1.807, 2.05) is 19.9 Å². The van der Waals surface area contributed by atoms with Gasteiger partial charge in [0.2, 0.25) is 10.0 Å². The molecule has 0 aliphatic carbocycles. The number of sulfonamides is 1. The molecule has 0 fully saturated rings. The van der Waals surface area contributed by atoms with Gasteiger partial charge in [0.15, 0.2) is 5.16 Å². The highest BCUT2D eigenvalue weighted by Gasteiger charge is 2.23. The van der Waals surface area contributed by atoms with E-state index in [0.29, 0.717) is 23.5 Å². The van der Waals surface area contributed by atoms with Crippen LogP contribution in [0.15, 0.2) is 70.7 Å². The summed E-state index contributed by atoms with van der Waals surface area (Å²) in [4.78, 5) is 5.14. The summed E-state index contributed by atoms with van der Waals surface area (Å²) in [7, 11) is -3.52. The molecule has 0 atom stereocenters. The fourth-order valence-electron chi connectivity index (χ4n) is 4.01. The van der Waals surface area contributed by atoms with E-state index in [-0.39, 0.29) is 6.04 Å². The third kappa shape index (κ3) is 4.29. The van der Waals surface area contributed by atoms with Gasteiger partial charge in [-0.25, -0.2) is 13.4 Å². The lowest BCUT2D eigenvalue weighted by atomic mass is 10.1. The molecular weight excluding hydrogens is 438 g/mol. The number of nitrogens with zero attached hydrogens (tertiary/aromatic N) is 3. The zero-order valence-corrected chi connectivity index (χ0v) is 20.6. The van der Waals surface area contributed by atoms with Gasteiger partial charge in [-0.15, -0.1) is 0 Å². The monoisotopic (exact) mass is 467 g/mol. The molecule has 3 aromatic carbocycles. The molecule has 5 nitrogen and oxygen atoms in total. The largest absolute Gasteiger partial charge is 0.316 e. The average Bonchev–Trinajstić information content (AvgIpc) is 3.16. The number of hydrogen-bond acceptors (Lipinski definition) is 4. The predicted molar refractivity (Wildman–Crippen MR) is 134 cm³/mol. The van der Waals surface area contributed by atoms with E-state index >= 15 is 0 Å². The molecule has 0 aliphatic rings. The van der Waals surface area contributed by atoms with Crippen LogP contribution in [0.1, 0.15) is 39.3 Å². The first kappa shape index (κ1) is 22.8. The summed E-state index contributed by atoms with van der Waals surface area (Å²) in [6, 6.07) is 20.4. The summed E-state index contributed by atoms with van der Waals surface area (Å²) in [5, 5.41) is 3.37. The van der Waals surface area contributed by atoms with Gasteiger partial charge in [0, 0.05) is 24.9 Å². The quantitative estimate of drug-likeness (QED) is 0.294. The zero-order chi connectivity index (χ0) is 22.9. The van der Waals surface area contributed by atoms with Crippen LogP contribution in [0, 0.1) is 0 Å². The van der Waals surface area contributed by atoms with Crippen LogP contribution in [0.2, 0.25) is 0 Å². The molecule has 1 aromatic heterocycles. The maximum atomic E-state index is 13.0. The van der Waals surface area contributed by atoms with Gasteiger partial charge in [0.05, 0.1) is 15.9 Å². The van der Waals surface area contributed by atoms with Crippen molar-refractivity contribution in [3.63, 3.8) is 0 Å². The first-order valence-corrected chi connectivity index (χ1v) is 13.4. The number of imidazole rings is 1. The minimum absolute atomic E-state index is 0.212. The van der Waals surface area contributed by atoms with Crippen LogP contribution in [0.3, 0.4) is 0 Å². The summed E-state index contributed by atoms with van der Waals surface area (Å²) in [6.07, 6.45) is 0. The van der Waals surface area contributed by atoms with Crippen LogP contribution < -0.4 is 0 Å². The molecule has 0 saturated heterocycles. The zero-order valence-electron chi connectivity index (χ0n) is 18.9. The SMILES string of the molecule is CCN(CC)S(=O)(=O)c1ccc2c(c1)nc(SCc1ccc3ccccc3c1)n2C(C)C. The van der Waals surface area contributed by atoms with Crippen molar-refractivity contribution in [2.24, 2.45) is 0 Å². The second-order valence-corrected chi connectivity index (χ2v) is 10.9. The highest BCUT2D eigenvalue weighted by molar-refractivity contribution is 7.98. The Balaban J connectivity index is 1.68. The normalized spacial score (nSPS) is 12.4. The molecule has 0 saturated carbocycles. The van der Waals surface area contributed by atoms with Crippen LogP contribution in [0.4, 0.5) is 0 Å². The highest BCUT2D eigenvalue weighted by atomic mass is 32.2. The Morgan fingerprint density at radius 1 is 0.969 bits per heavy atom. The Morgan fingerprint density at radius 3 is 2.38 bits per heavy atom. The topological polar surface area (TPSA) is 55.2 Å². The van der Waals surface area contributed by atoms with Crippen LogP contribution in [0.25, 0.3) is 21.8 Å². The molecule has 1 heterocycles. The Bertz CT molecular complexity index is 1360. The van der Waals surface area contributed by atoms with Crippen LogP contribution >= 0.6 is 11.8 Å². The van der Waals surface area contributed by atoms with Crippen LogP contribution in [0.5, 0.6) is 0 Å². The lowest BCUT2D eigenvalue weighted by Crippen LogP contribution is -2.30. The molecule has 0 bridgehead atoms. The Kier molecular flexibility index (Phi) is 6.60. The molecule has 168 valence electrons. The van der Waals surface area contributed by atoms with Crippen molar-refractivity contribution in [1.82, 2.24) is 13.9 Å². The standard InChI is InChI=1S/C25H29N3O2S2/c1-5-27(6-2)32(29,30)22-13-14-24-23(16-22)26-25(28(24)18(3)4)31-17-19-11-12-20-9-7-8-10-21(20)15-19/h7-16,18H,5-6,17H2,1-4H3. The molecule has 7 heteroatoms. The molecule has 0 amide bonds. The summed E-state index contributed by atoms with van der Waals surface area (Å²) in [6.45, 7) is 8.86. The van der Waals surface area contributed by atoms with Crippen molar-refractivity contribution < 1.29 is 8.42 Å². The van der Waals surface area contributed by atoms with E-state index < -0.39 is 10.0 Å². The third-order valence-corrected chi connectivity index (χ3v) is 8.74. The van der Waals surface area contributed by atoms with Gasteiger partial charge in [0.1, 0.15) is 0 Å². The van der Waals surface area contributed by atoms with E-state index in [1.165, 1.54) is 20.6 Å². The van der Waals surface area contributed by atoms with Gasteiger partial charge < -0.3 is 4.57 Å². The van der Waals surface area contributed by atoms with Crippen LogP contribution in [-0.4, -0.2) is 35.4 Å². The van der Waals surface area contributed by atoms with Crippen molar-refractivity contribution in [3.05, 3.63) is 66.2 Å². The first-order chi connectivity index (χ1) is 15.3. The van der Waals surface area contributed by atoms with Gasteiger partial charge in [-0.3, -0.25) is 0 Å². The van der Waals surface area contributed by atoms with E-state index in [9.17, 15) is 8.42 Å². The Morgan fingerprint density at radius 2 is 1.69 bits per heavy atom. The maximum absolute atomic E-state index is 13.0. The number of thioether (sulfide) groups is 1. The van der Waals surface area contributed by atoms with E-state index in [4.69, 9.17) is 4.98 Å². The second-order valence-electron chi connectivity index (χ2n) is 8.07.